The Kier molecular flexibility index (Phi) is 4.95. The Bertz CT molecular complexity index is 404. The Balaban J connectivity index is 2.24. The van der Waals surface area contributed by atoms with Gasteiger partial charge in [0.15, 0.2) is 0 Å². The summed E-state index contributed by atoms with van der Waals surface area (Å²) in [5, 5.41) is 4.15. The molecule has 1 heterocycles. The summed E-state index contributed by atoms with van der Waals surface area (Å²) < 4.78 is 4.23. The van der Waals surface area contributed by atoms with Crippen LogP contribution in [0.1, 0.15) is 9.67 Å². The Labute approximate surface area is 101 Å². The van der Waals surface area contributed by atoms with Crippen molar-refractivity contribution in [3.63, 3.8) is 0 Å². The van der Waals surface area contributed by atoms with Gasteiger partial charge in [0.05, 0.1) is 18.5 Å². The molecular weight excluding hydrogens is 246 g/mol. The summed E-state index contributed by atoms with van der Waals surface area (Å²) in [7, 11) is 1.17. The fourth-order valence-electron chi connectivity index (χ4n) is 0.871. The minimum atomic E-state index is -0.789. The molecule has 0 bridgehead atoms. The molecule has 3 amide bonds. The van der Waals surface area contributed by atoms with Gasteiger partial charge >= 0.3 is 6.09 Å². The predicted molar refractivity (Wildman–Crippen MR) is 60.3 cm³/mol. The molecule has 0 aromatic carbocycles. The van der Waals surface area contributed by atoms with Gasteiger partial charge in [-0.2, -0.15) is 0 Å². The number of nitrogens with one attached hydrogen (secondary N) is 3. The second kappa shape index (κ2) is 6.48. The van der Waals surface area contributed by atoms with Crippen LogP contribution < -0.4 is 16.2 Å². The van der Waals surface area contributed by atoms with E-state index in [9.17, 15) is 14.4 Å². The first-order valence-corrected chi connectivity index (χ1v) is 5.46. The van der Waals surface area contributed by atoms with E-state index in [0.717, 1.165) is 0 Å². The topological polar surface area (TPSA) is 96.5 Å². The van der Waals surface area contributed by atoms with Crippen LogP contribution in [-0.2, 0) is 9.53 Å². The van der Waals surface area contributed by atoms with Crippen LogP contribution >= 0.6 is 11.3 Å². The number of methoxy groups -OCH3 is 1. The van der Waals surface area contributed by atoms with Crippen molar-refractivity contribution in [2.45, 2.75) is 0 Å². The van der Waals surface area contributed by atoms with Crippen molar-refractivity contribution in [2.75, 3.05) is 13.7 Å². The van der Waals surface area contributed by atoms with Gasteiger partial charge in [-0.05, 0) is 11.4 Å². The number of hydrogen-bond donors (Lipinski definition) is 3. The molecule has 0 radical (unpaired) electrons. The van der Waals surface area contributed by atoms with Gasteiger partial charge in [0.25, 0.3) is 11.8 Å². The van der Waals surface area contributed by atoms with Gasteiger partial charge in [-0.25, -0.2) is 10.2 Å². The van der Waals surface area contributed by atoms with Crippen LogP contribution in [0, 0.1) is 0 Å². The Morgan fingerprint density at radius 1 is 1.35 bits per heavy atom. The fraction of sp³-hybridized carbons (Fsp3) is 0.222. The van der Waals surface area contributed by atoms with Crippen molar-refractivity contribution < 1.29 is 19.1 Å². The van der Waals surface area contributed by atoms with Crippen LogP contribution in [0.4, 0.5) is 4.79 Å². The maximum Gasteiger partial charge on any atom is 0.425 e. The summed E-state index contributed by atoms with van der Waals surface area (Å²) in [4.78, 5) is 33.7. The highest BCUT2D eigenvalue weighted by Crippen LogP contribution is 2.07. The van der Waals surface area contributed by atoms with Crippen molar-refractivity contribution in [1.29, 1.82) is 0 Å². The SMILES string of the molecule is COC(=O)NNC(=O)CNC(=O)c1cccs1. The van der Waals surface area contributed by atoms with Crippen LogP contribution in [0.2, 0.25) is 0 Å². The first-order chi connectivity index (χ1) is 8.13. The number of ether oxygens (including phenoxy) is 1. The Hall–Kier alpha value is -2.09. The summed E-state index contributed by atoms with van der Waals surface area (Å²) in [5.41, 5.74) is 4.04. The number of carbonyl (C=O) groups is 3. The highest BCUT2D eigenvalue weighted by Gasteiger charge is 2.08. The summed E-state index contributed by atoms with van der Waals surface area (Å²) >= 11 is 1.27. The van der Waals surface area contributed by atoms with Crippen molar-refractivity contribution >= 4 is 29.2 Å². The van der Waals surface area contributed by atoms with Gasteiger partial charge in [-0.3, -0.25) is 15.0 Å². The van der Waals surface area contributed by atoms with Gasteiger partial charge in [0, 0.05) is 0 Å². The average Bonchev–Trinajstić information content (AvgIpc) is 2.86. The molecule has 0 aliphatic heterocycles. The molecule has 0 aliphatic carbocycles. The second-order valence-electron chi connectivity index (χ2n) is 2.82. The number of thiophene rings is 1. The molecule has 0 fully saturated rings. The number of hydrogen-bond acceptors (Lipinski definition) is 5. The van der Waals surface area contributed by atoms with Crippen LogP contribution in [0.5, 0.6) is 0 Å². The molecule has 7 nitrogen and oxygen atoms in total. The van der Waals surface area contributed by atoms with Gasteiger partial charge < -0.3 is 10.1 Å². The van der Waals surface area contributed by atoms with Gasteiger partial charge in [0.2, 0.25) is 0 Å². The largest absolute Gasteiger partial charge is 0.452 e. The van der Waals surface area contributed by atoms with Gasteiger partial charge in [-0.15, -0.1) is 11.3 Å². The van der Waals surface area contributed by atoms with Crippen molar-refractivity contribution in [3.05, 3.63) is 22.4 Å². The third kappa shape index (κ3) is 4.51. The lowest BCUT2D eigenvalue weighted by Crippen LogP contribution is -2.46. The first-order valence-electron chi connectivity index (χ1n) is 4.58. The zero-order valence-corrected chi connectivity index (χ0v) is 9.80. The quantitative estimate of drug-likeness (QED) is 0.657. The highest BCUT2D eigenvalue weighted by molar-refractivity contribution is 7.12. The molecule has 0 aliphatic rings. The molecule has 0 saturated carbocycles. The van der Waals surface area contributed by atoms with E-state index in [1.165, 1.54) is 18.4 Å². The number of hydrazine groups is 1. The van der Waals surface area contributed by atoms with E-state index in [1.54, 1.807) is 17.5 Å². The number of carbonyl (C=O) groups excluding carboxylic acids is 3. The zero-order chi connectivity index (χ0) is 12.7. The maximum absolute atomic E-state index is 11.4. The standard InChI is InChI=1S/C9H11N3O4S/c1-16-9(15)12-11-7(13)5-10-8(14)6-3-2-4-17-6/h2-4H,5H2,1H3,(H,10,14)(H,11,13)(H,12,15). The minimum absolute atomic E-state index is 0.235. The Morgan fingerprint density at radius 3 is 2.71 bits per heavy atom. The summed E-state index contributed by atoms with van der Waals surface area (Å²) in [6.45, 7) is -0.235. The van der Waals surface area contributed by atoms with Crippen LogP contribution in [0.3, 0.4) is 0 Å². The van der Waals surface area contributed by atoms with E-state index in [1.807, 2.05) is 5.43 Å². The molecule has 0 unspecified atom stereocenters. The van der Waals surface area contributed by atoms with Crippen LogP contribution in [0.15, 0.2) is 17.5 Å². The van der Waals surface area contributed by atoms with Gasteiger partial charge in [-0.1, -0.05) is 6.07 Å². The van der Waals surface area contributed by atoms with Crippen LogP contribution in [0.25, 0.3) is 0 Å². The molecule has 0 saturated heterocycles. The summed E-state index contributed by atoms with van der Waals surface area (Å²) in [5.74, 6) is -0.895. The molecule has 92 valence electrons. The molecule has 17 heavy (non-hydrogen) atoms. The third-order valence-electron chi connectivity index (χ3n) is 1.64. The zero-order valence-electron chi connectivity index (χ0n) is 8.98. The first kappa shape index (κ1) is 13.0. The average molecular weight is 257 g/mol. The van der Waals surface area contributed by atoms with E-state index in [-0.39, 0.29) is 12.5 Å². The van der Waals surface area contributed by atoms with E-state index in [0.29, 0.717) is 4.88 Å². The monoisotopic (exact) mass is 257 g/mol. The summed E-state index contributed by atoms with van der Waals surface area (Å²) in [6.07, 6.45) is -0.789. The Morgan fingerprint density at radius 2 is 2.12 bits per heavy atom. The normalized spacial score (nSPS) is 9.24. The lowest BCUT2D eigenvalue weighted by molar-refractivity contribution is -0.120. The third-order valence-corrected chi connectivity index (χ3v) is 2.51. The maximum atomic E-state index is 11.4. The second-order valence-corrected chi connectivity index (χ2v) is 3.77. The molecule has 8 heteroatoms. The number of rotatable bonds is 3. The van der Waals surface area contributed by atoms with Crippen LogP contribution in [-0.4, -0.2) is 31.6 Å². The summed E-state index contributed by atoms with van der Waals surface area (Å²) in [6, 6.07) is 3.38. The molecule has 1 aromatic rings. The molecule has 0 atom stereocenters. The predicted octanol–water partition coefficient (Wildman–Crippen LogP) is -0.135. The molecule has 3 N–H and O–H groups in total. The lowest BCUT2D eigenvalue weighted by atomic mass is 10.4. The van der Waals surface area contributed by atoms with Crippen molar-refractivity contribution in [3.8, 4) is 0 Å². The smallest absolute Gasteiger partial charge is 0.425 e. The van der Waals surface area contributed by atoms with Gasteiger partial charge in [0.1, 0.15) is 0 Å². The minimum Gasteiger partial charge on any atom is -0.452 e. The highest BCUT2D eigenvalue weighted by atomic mass is 32.1. The molecule has 1 aromatic heterocycles. The van der Waals surface area contributed by atoms with E-state index in [2.05, 4.69) is 15.5 Å². The van der Waals surface area contributed by atoms with E-state index in [4.69, 9.17) is 0 Å². The van der Waals surface area contributed by atoms with Crippen molar-refractivity contribution in [2.24, 2.45) is 0 Å². The lowest BCUT2D eigenvalue weighted by Gasteiger charge is -2.06. The van der Waals surface area contributed by atoms with Crippen molar-refractivity contribution in [1.82, 2.24) is 16.2 Å². The molecule has 1 rings (SSSR count). The van der Waals surface area contributed by atoms with E-state index < -0.39 is 12.0 Å². The molecular formula is C9H11N3O4S. The molecule has 0 spiro atoms. The van der Waals surface area contributed by atoms with E-state index >= 15 is 0 Å². The number of amides is 3. The fourth-order valence-corrected chi connectivity index (χ4v) is 1.51.